The van der Waals surface area contributed by atoms with Gasteiger partial charge in [-0.2, -0.15) is 0 Å². The van der Waals surface area contributed by atoms with Crippen molar-refractivity contribution in [1.82, 2.24) is 4.75 Å². The zero-order valence-corrected chi connectivity index (χ0v) is 12.4. The van der Waals surface area contributed by atoms with Crippen LogP contribution in [0.5, 0.6) is 0 Å². The predicted octanol–water partition coefficient (Wildman–Crippen LogP) is 5.77. The SMILES string of the molecule is CCCCCCCCCCCc1cn[pH]p1. The number of rotatable bonds is 10. The topological polar surface area (TPSA) is 12.9 Å². The van der Waals surface area contributed by atoms with Gasteiger partial charge in [-0.25, -0.2) is 4.75 Å². The third-order valence-electron chi connectivity index (χ3n) is 3.00. The van der Waals surface area contributed by atoms with Crippen molar-refractivity contribution >= 4 is 15.9 Å². The van der Waals surface area contributed by atoms with Crippen LogP contribution in [0.4, 0.5) is 0 Å². The van der Waals surface area contributed by atoms with Crippen LogP contribution >= 0.6 is 15.9 Å². The Morgan fingerprint density at radius 2 is 1.62 bits per heavy atom. The Balaban J connectivity index is 1.78. The molecule has 0 aliphatic rings. The second-order valence-electron chi connectivity index (χ2n) is 4.54. The maximum atomic E-state index is 4.28. The lowest BCUT2D eigenvalue weighted by atomic mass is 10.1. The summed E-state index contributed by atoms with van der Waals surface area (Å²) in [5.41, 5.74) is 0. The number of nitrogens with zero attached hydrogens (tertiary/aromatic N) is 1. The molecule has 3 heteroatoms. The van der Waals surface area contributed by atoms with E-state index in [1.54, 1.807) is 5.30 Å². The van der Waals surface area contributed by atoms with Gasteiger partial charge in [-0.15, -0.1) is 0 Å². The van der Waals surface area contributed by atoms with E-state index in [1.165, 1.54) is 72.1 Å². The molecule has 0 radical (unpaired) electrons. The molecule has 1 heterocycles. The molecule has 1 nitrogen and oxygen atoms in total. The molecule has 16 heavy (non-hydrogen) atoms. The Kier molecular flexibility index (Phi) is 9.15. The summed E-state index contributed by atoms with van der Waals surface area (Å²) in [6.45, 7) is 2.28. The first-order chi connectivity index (χ1) is 7.93. The number of unbranched alkanes of at least 4 members (excludes halogenated alkanes) is 8. The van der Waals surface area contributed by atoms with Gasteiger partial charge in [-0.05, 0) is 28.7 Å². The van der Waals surface area contributed by atoms with Gasteiger partial charge < -0.3 is 0 Å². The minimum atomic E-state index is 0.805. The summed E-state index contributed by atoms with van der Waals surface area (Å²) in [7, 11) is 2.29. The van der Waals surface area contributed by atoms with Crippen LogP contribution in [0, 0.1) is 0 Å². The van der Waals surface area contributed by atoms with Crippen LogP contribution in [0.1, 0.15) is 70.0 Å². The maximum absolute atomic E-state index is 4.28. The zero-order valence-electron chi connectivity index (χ0n) is 10.5. The molecule has 1 unspecified atom stereocenters. The minimum absolute atomic E-state index is 0.805. The molecule has 0 saturated carbocycles. The third-order valence-corrected chi connectivity index (χ3v) is 5.48. The fourth-order valence-electron chi connectivity index (χ4n) is 1.96. The van der Waals surface area contributed by atoms with Gasteiger partial charge in [0.15, 0.2) is 0 Å². The Labute approximate surface area is 104 Å². The van der Waals surface area contributed by atoms with Crippen LogP contribution in [-0.4, -0.2) is 4.75 Å². The van der Waals surface area contributed by atoms with Crippen molar-refractivity contribution in [2.75, 3.05) is 0 Å². The van der Waals surface area contributed by atoms with Crippen molar-refractivity contribution < 1.29 is 0 Å². The normalized spacial score (nSPS) is 11.8. The second kappa shape index (κ2) is 10.3. The molecule has 0 amide bonds. The average Bonchev–Trinajstić information content (AvgIpc) is 2.80. The summed E-state index contributed by atoms with van der Waals surface area (Å²) in [5.74, 6) is 0. The lowest BCUT2D eigenvalue weighted by Gasteiger charge is -2.01. The first kappa shape index (κ1) is 14.2. The highest BCUT2D eigenvalue weighted by atomic mass is 31.8. The molecule has 0 aliphatic carbocycles. The molecule has 0 spiro atoms. The molecule has 0 aliphatic heterocycles. The van der Waals surface area contributed by atoms with Gasteiger partial charge in [0, 0.05) is 11.5 Å². The fraction of sp³-hybridized carbons (Fsp3) is 0.846. The van der Waals surface area contributed by atoms with Crippen molar-refractivity contribution in [3.63, 3.8) is 0 Å². The van der Waals surface area contributed by atoms with Crippen molar-refractivity contribution in [2.45, 2.75) is 71.1 Å². The Morgan fingerprint density at radius 3 is 2.19 bits per heavy atom. The van der Waals surface area contributed by atoms with Gasteiger partial charge in [0.2, 0.25) is 0 Å². The Hall–Kier alpha value is 0.140. The highest BCUT2D eigenvalue weighted by molar-refractivity contribution is 7.88. The summed E-state index contributed by atoms with van der Waals surface area (Å²) in [5, 5.41) is 1.57. The van der Waals surface area contributed by atoms with Gasteiger partial charge in [0.05, 0.1) is 0 Å². The van der Waals surface area contributed by atoms with Crippen molar-refractivity contribution in [2.24, 2.45) is 0 Å². The van der Waals surface area contributed by atoms with Gasteiger partial charge in [-0.1, -0.05) is 58.3 Å². The van der Waals surface area contributed by atoms with Gasteiger partial charge in [0.25, 0.3) is 0 Å². The first-order valence-electron chi connectivity index (χ1n) is 6.78. The van der Waals surface area contributed by atoms with Crippen LogP contribution in [-0.2, 0) is 6.42 Å². The minimum Gasteiger partial charge on any atom is -0.244 e. The Bertz CT molecular complexity index is 234. The monoisotopic (exact) mass is 257 g/mol. The molecule has 0 bridgehead atoms. The van der Waals surface area contributed by atoms with E-state index in [0.717, 1.165) is 8.03 Å². The summed E-state index contributed by atoms with van der Waals surface area (Å²) >= 11 is 0. The van der Waals surface area contributed by atoms with E-state index in [4.69, 9.17) is 0 Å². The van der Waals surface area contributed by atoms with E-state index in [9.17, 15) is 0 Å². The molecule has 1 rings (SSSR count). The van der Waals surface area contributed by atoms with Crippen LogP contribution < -0.4 is 0 Å². The van der Waals surface area contributed by atoms with E-state index in [0.29, 0.717) is 0 Å². The number of hydrogen-bond donors (Lipinski definition) is 0. The van der Waals surface area contributed by atoms with Gasteiger partial charge >= 0.3 is 0 Å². The largest absolute Gasteiger partial charge is 0.244 e. The van der Waals surface area contributed by atoms with Crippen LogP contribution in [0.25, 0.3) is 0 Å². The van der Waals surface area contributed by atoms with E-state index >= 15 is 0 Å². The zero-order chi connectivity index (χ0) is 11.5. The van der Waals surface area contributed by atoms with Crippen molar-refractivity contribution in [3.05, 3.63) is 11.5 Å². The lowest BCUT2D eigenvalue weighted by Crippen LogP contribution is -1.83. The van der Waals surface area contributed by atoms with E-state index < -0.39 is 0 Å². The van der Waals surface area contributed by atoms with Gasteiger partial charge in [-0.3, -0.25) is 0 Å². The van der Waals surface area contributed by atoms with Crippen molar-refractivity contribution in [3.8, 4) is 0 Å². The highest BCUT2D eigenvalue weighted by Gasteiger charge is 1.95. The average molecular weight is 257 g/mol. The number of hydrogen-bond acceptors (Lipinski definition) is 1. The first-order valence-corrected chi connectivity index (χ1v) is 9.46. The van der Waals surface area contributed by atoms with E-state index in [-0.39, 0.29) is 0 Å². The summed E-state index contributed by atoms with van der Waals surface area (Å²) < 4.78 is 4.28. The van der Waals surface area contributed by atoms with Crippen molar-refractivity contribution in [1.29, 1.82) is 0 Å². The fourth-order valence-corrected chi connectivity index (χ4v) is 4.10. The van der Waals surface area contributed by atoms with E-state index in [2.05, 4.69) is 17.9 Å². The van der Waals surface area contributed by atoms with Gasteiger partial charge in [0.1, 0.15) is 0 Å². The standard InChI is InChI=1S/C13H25NP2/c1-2-3-4-5-6-7-8-9-10-11-13-12-14-16-15-13/h12,16H,2-11H2,1H3. The molecule has 1 aromatic heterocycles. The molecule has 0 saturated heterocycles. The summed E-state index contributed by atoms with van der Waals surface area (Å²) in [4.78, 5) is 0. The lowest BCUT2D eigenvalue weighted by molar-refractivity contribution is 0.565. The molecule has 92 valence electrons. The molecule has 0 fully saturated rings. The number of aromatic nitrogens is 1. The Morgan fingerprint density at radius 1 is 1.00 bits per heavy atom. The molecule has 0 N–H and O–H groups in total. The smallest absolute Gasteiger partial charge is 0.0391 e. The molecular formula is C13H25NP2. The quantitative estimate of drug-likeness (QED) is 0.485. The third kappa shape index (κ3) is 7.42. The highest BCUT2D eigenvalue weighted by Crippen LogP contribution is 2.24. The van der Waals surface area contributed by atoms with Crippen LogP contribution in [0.2, 0.25) is 0 Å². The number of aryl methyl sites for hydroxylation is 1. The molecule has 1 atom stereocenters. The van der Waals surface area contributed by atoms with Crippen LogP contribution in [0.15, 0.2) is 6.20 Å². The maximum Gasteiger partial charge on any atom is 0.0391 e. The van der Waals surface area contributed by atoms with Crippen LogP contribution in [0.3, 0.4) is 0 Å². The van der Waals surface area contributed by atoms with E-state index in [1.807, 2.05) is 0 Å². The molecule has 0 aromatic carbocycles. The summed E-state index contributed by atoms with van der Waals surface area (Å²) in [6, 6.07) is 0. The summed E-state index contributed by atoms with van der Waals surface area (Å²) in [6.07, 6.45) is 16.2. The molecular weight excluding hydrogens is 232 g/mol. The molecule has 1 aromatic rings. The predicted molar refractivity (Wildman–Crippen MR) is 77.2 cm³/mol. The second-order valence-corrected chi connectivity index (χ2v) is 7.07.